The van der Waals surface area contributed by atoms with Crippen LogP contribution in [0.15, 0.2) is 18.2 Å². The number of esters is 1. The summed E-state index contributed by atoms with van der Waals surface area (Å²) < 4.78 is 4.69. The van der Waals surface area contributed by atoms with E-state index in [1.54, 1.807) is 4.90 Å². The third kappa shape index (κ3) is 2.23. The Kier molecular flexibility index (Phi) is 3.36. The number of methoxy groups -OCH3 is 1. The number of hydrogen-bond acceptors (Lipinski definition) is 3. The normalized spacial score (nSPS) is 19.2. The van der Waals surface area contributed by atoms with Crippen LogP contribution >= 0.6 is 0 Å². The van der Waals surface area contributed by atoms with Crippen LogP contribution in [0.1, 0.15) is 17.5 Å². The molecule has 0 radical (unpaired) electrons. The number of hydrogen-bond donors (Lipinski definition) is 0. The number of nitrogens with zero attached hydrogens (tertiary/aromatic N) is 1. The molecular formula is C14H17NO3. The fourth-order valence-electron chi connectivity index (χ4n) is 2.18. The van der Waals surface area contributed by atoms with Crippen LogP contribution in [0, 0.1) is 19.8 Å². The van der Waals surface area contributed by atoms with Crippen molar-refractivity contribution >= 4 is 17.6 Å². The Morgan fingerprint density at radius 3 is 2.67 bits per heavy atom. The van der Waals surface area contributed by atoms with Gasteiger partial charge in [-0.2, -0.15) is 0 Å². The van der Waals surface area contributed by atoms with E-state index in [1.165, 1.54) is 12.7 Å². The number of carbonyl (C=O) groups is 2. The summed E-state index contributed by atoms with van der Waals surface area (Å²) in [4.78, 5) is 25.0. The molecule has 0 spiro atoms. The third-order valence-electron chi connectivity index (χ3n) is 3.46. The molecule has 4 heteroatoms. The molecule has 1 fully saturated rings. The van der Waals surface area contributed by atoms with Crippen molar-refractivity contribution in [2.45, 2.75) is 20.3 Å². The number of rotatable bonds is 2. The molecule has 0 aromatic heterocycles. The highest BCUT2D eigenvalue weighted by molar-refractivity contribution is 5.99. The van der Waals surface area contributed by atoms with E-state index in [0.29, 0.717) is 6.54 Å². The van der Waals surface area contributed by atoms with Crippen LogP contribution < -0.4 is 4.90 Å². The number of amides is 1. The van der Waals surface area contributed by atoms with Crippen LogP contribution in [0.5, 0.6) is 0 Å². The molecule has 0 aliphatic carbocycles. The van der Waals surface area contributed by atoms with Crippen molar-refractivity contribution in [1.29, 1.82) is 0 Å². The molecule has 2 rings (SSSR count). The predicted octanol–water partition coefficient (Wildman–Crippen LogP) is 1.83. The maximum Gasteiger partial charge on any atom is 0.311 e. The van der Waals surface area contributed by atoms with Gasteiger partial charge >= 0.3 is 5.97 Å². The summed E-state index contributed by atoms with van der Waals surface area (Å²) in [7, 11) is 1.35. The highest BCUT2D eigenvalue weighted by atomic mass is 16.5. The Balaban J connectivity index is 2.21. The first-order valence-corrected chi connectivity index (χ1v) is 5.98. The fraction of sp³-hybridized carbons (Fsp3) is 0.429. The van der Waals surface area contributed by atoms with E-state index < -0.39 is 0 Å². The molecule has 18 heavy (non-hydrogen) atoms. The van der Waals surface area contributed by atoms with Crippen LogP contribution in [-0.4, -0.2) is 25.5 Å². The number of carbonyl (C=O) groups excluding carboxylic acids is 2. The molecule has 1 amide bonds. The lowest BCUT2D eigenvalue weighted by Crippen LogP contribution is -2.26. The molecule has 1 aliphatic heterocycles. The maximum absolute atomic E-state index is 11.9. The van der Waals surface area contributed by atoms with Crippen LogP contribution in [0.4, 0.5) is 5.69 Å². The molecule has 1 aliphatic rings. The van der Waals surface area contributed by atoms with E-state index in [4.69, 9.17) is 4.74 Å². The van der Waals surface area contributed by atoms with Crippen LogP contribution in [0.2, 0.25) is 0 Å². The monoisotopic (exact) mass is 247 g/mol. The van der Waals surface area contributed by atoms with Gasteiger partial charge in [0.2, 0.25) is 5.91 Å². The summed E-state index contributed by atoms with van der Waals surface area (Å²) in [6.07, 6.45) is 0.236. The van der Waals surface area contributed by atoms with Gasteiger partial charge in [-0.1, -0.05) is 6.07 Å². The van der Waals surface area contributed by atoms with Gasteiger partial charge in [0.05, 0.1) is 13.0 Å². The van der Waals surface area contributed by atoms with Gasteiger partial charge in [0.1, 0.15) is 0 Å². The fourth-order valence-corrected chi connectivity index (χ4v) is 2.18. The molecule has 96 valence electrons. The summed E-state index contributed by atoms with van der Waals surface area (Å²) in [5.41, 5.74) is 3.19. The average molecular weight is 247 g/mol. The van der Waals surface area contributed by atoms with Gasteiger partial charge in [-0.05, 0) is 37.1 Å². The second-order valence-corrected chi connectivity index (χ2v) is 4.70. The van der Waals surface area contributed by atoms with E-state index in [-0.39, 0.29) is 24.2 Å². The molecule has 1 atom stereocenters. The minimum atomic E-state index is -0.343. The van der Waals surface area contributed by atoms with Crippen molar-refractivity contribution in [2.75, 3.05) is 18.6 Å². The maximum atomic E-state index is 11.9. The van der Waals surface area contributed by atoms with E-state index in [2.05, 4.69) is 0 Å². The van der Waals surface area contributed by atoms with Gasteiger partial charge in [0.25, 0.3) is 0 Å². The van der Waals surface area contributed by atoms with Crippen molar-refractivity contribution < 1.29 is 14.3 Å². The van der Waals surface area contributed by atoms with E-state index in [0.717, 1.165) is 11.3 Å². The SMILES string of the molecule is COC(=O)[C@H]1CC(=O)N(c2ccc(C)c(C)c2)C1. The topological polar surface area (TPSA) is 46.6 Å². The van der Waals surface area contributed by atoms with Crippen molar-refractivity contribution in [2.24, 2.45) is 5.92 Å². The van der Waals surface area contributed by atoms with E-state index >= 15 is 0 Å². The summed E-state index contributed by atoms with van der Waals surface area (Å²) in [5, 5.41) is 0. The summed E-state index contributed by atoms with van der Waals surface area (Å²) in [5.74, 6) is -0.674. The van der Waals surface area contributed by atoms with Crippen molar-refractivity contribution in [3.05, 3.63) is 29.3 Å². The smallest absolute Gasteiger partial charge is 0.311 e. The molecule has 1 saturated heterocycles. The molecule has 4 nitrogen and oxygen atoms in total. The van der Waals surface area contributed by atoms with Crippen LogP contribution in [-0.2, 0) is 14.3 Å². The molecule has 0 bridgehead atoms. The van der Waals surface area contributed by atoms with Crippen LogP contribution in [0.3, 0.4) is 0 Å². The first kappa shape index (κ1) is 12.6. The first-order valence-electron chi connectivity index (χ1n) is 5.98. The molecule has 0 N–H and O–H groups in total. The van der Waals surface area contributed by atoms with Crippen molar-refractivity contribution in [1.82, 2.24) is 0 Å². The largest absolute Gasteiger partial charge is 0.469 e. The lowest BCUT2D eigenvalue weighted by atomic mass is 10.1. The number of ether oxygens (including phenoxy) is 1. The second-order valence-electron chi connectivity index (χ2n) is 4.70. The summed E-state index contributed by atoms with van der Waals surface area (Å²) >= 11 is 0. The average Bonchev–Trinajstić information content (AvgIpc) is 2.74. The molecule has 1 heterocycles. The van der Waals surface area contributed by atoms with E-state index in [9.17, 15) is 9.59 Å². The van der Waals surface area contributed by atoms with Crippen molar-refractivity contribution in [3.63, 3.8) is 0 Å². The summed E-state index contributed by atoms with van der Waals surface area (Å²) in [6.45, 7) is 4.45. The Labute approximate surface area is 107 Å². The Bertz CT molecular complexity index is 496. The number of aryl methyl sites for hydroxylation is 2. The predicted molar refractivity (Wildman–Crippen MR) is 68.4 cm³/mol. The Morgan fingerprint density at radius 1 is 1.33 bits per heavy atom. The lowest BCUT2D eigenvalue weighted by molar-refractivity contribution is -0.145. The zero-order chi connectivity index (χ0) is 13.3. The highest BCUT2D eigenvalue weighted by Gasteiger charge is 2.35. The minimum Gasteiger partial charge on any atom is -0.469 e. The van der Waals surface area contributed by atoms with Gasteiger partial charge in [-0.25, -0.2) is 0 Å². The molecule has 1 aromatic rings. The minimum absolute atomic E-state index is 0.0198. The van der Waals surface area contributed by atoms with Gasteiger partial charge in [-0.15, -0.1) is 0 Å². The second kappa shape index (κ2) is 4.80. The zero-order valence-corrected chi connectivity index (χ0v) is 10.9. The van der Waals surface area contributed by atoms with Gasteiger partial charge in [-0.3, -0.25) is 9.59 Å². The van der Waals surface area contributed by atoms with Gasteiger partial charge < -0.3 is 9.64 Å². The van der Waals surface area contributed by atoms with Gasteiger partial charge in [0.15, 0.2) is 0 Å². The Morgan fingerprint density at radius 2 is 2.06 bits per heavy atom. The number of anilines is 1. The molecule has 0 unspecified atom stereocenters. The lowest BCUT2D eigenvalue weighted by Gasteiger charge is -2.17. The third-order valence-corrected chi connectivity index (χ3v) is 3.46. The standard InChI is InChI=1S/C14H17NO3/c1-9-4-5-12(6-10(9)2)15-8-11(7-13(15)16)14(17)18-3/h4-6,11H,7-8H2,1-3H3/t11-/m0/s1. The van der Waals surface area contributed by atoms with Gasteiger partial charge in [0, 0.05) is 18.7 Å². The van der Waals surface area contributed by atoms with E-state index in [1.807, 2.05) is 32.0 Å². The molecule has 0 saturated carbocycles. The quantitative estimate of drug-likeness (QED) is 0.749. The highest BCUT2D eigenvalue weighted by Crippen LogP contribution is 2.27. The van der Waals surface area contributed by atoms with Crippen molar-refractivity contribution in [3.8, 4) is 0 Å². The molecule has 1 aromatic carbocycles. The summed E-state index contributed by atoms with van der Waals surface area (Å²) in [6, 6.07) is 5.89. The first-order chi connectivity index (χ1) is 8.52. The zero-order valence-electron chi connectivity index (χ0n) is 10.9. The number of benzene rings is 1. The van der Waals surface area contributed by atoms with Crippen LogP contribution in [0.25, 0.3) is 0 Å². The Hall–Kier alpha value is -1.84. The molecular weight excluding hydrogens is 230 g/mol.